The van der Waals surface area contributed by atoms with Gasteiger partial charge in [0.25, 0.3) is 5.56 Å². The SMILES string of the molecule is CCC(/C=C1\Sc2c(ccc3c2CCCC3)N1CC)=c1/s/c(=C/C2=[N+](CC)C(c3ccccc3)C(c3ccccc3)S2)n(CC)c1=O. The first-order valence-corrected chi connectivity index (χ1v) is 19.7. The number of nitrogens with zero attached hydrogens (tertiary/aromatic N) is 3. The minimum absolute atomic E-state index is 0.129. The molecule has 242 valence electrons. The van der Waals surface area contributed by atoms with Gasteiger partial charge in [0.15, 0.2) is 6.04 Å². The normalized spacial score (nSPS) is 21.1. The van der Waals surface area contributed by atoms with Crippen LogP contribution in [0.2, 0.25) is 0 Å². The summed E-state index contributed by atoms with van der Waals surface area (Å²) in [7, 11) is 0. The van der Waals surface area contributed by atoms with E-state index in [1.165, 1.54) is 63.0 Å². The van der Waals surface area contributed by atoms with Crippen LogP contribution in [0.3, 0.4) is 0 Å². The highest BCUT2D eigenvalue weighted by molar-refractivity contribution is 8.15. The average Bonchev–Trinajstić information content (AvgIpc) is 3.78. The number of thiazole rings is 1. The van der Waals surface area contributed by atoms with Gasteiger partial charge in [-0.1, -0.05) is 85.4 Å². The number of hydrogen-bond acceptors (Lipinski definition) is 5. The Kier molecular flexibility index (Phi) is 9.67. The van der Waals surface area contributed by atoms with Gasteiger partial charge in [0.1, 0.15) is 16.5 Å². The van der Waals surface area contributed by atoms with Gasteiger partial charge in [-0.3, -0.25) is 9.36 Å². The average molecular weight is 679 g/mol. The van der Waals surface area contributed by atoms with Crippen molar-refractivity contribution in [3.8, 4) is 0 Å². The summed E-state index contributed by atoms with van der Waals surface area (Å²) in [5.74, 6) is 0. The van der Waals surface area contributed by atoms with Gasteiger partial charge in [-0.2, -0.15) is 0 Å². The second-order valence-corrected chi connectivity index (χ2v) is 15.6. The lowest BCUT2D eigenvalue weighted by atomic mass is 9.91. The van der Waals surface area contributed by atoms with Crippen molar-refractivity contribution >= 4 is 57.2 Å². The van der Waals surface area contributed by atoms with E-state index in [0.29, 0.717) is 6.54 Å². The van der Waals surface area contributed by atoms with Crippen LogP contribution in [0.5, 0.6) is 0 Å². The Morgan fingerprint density at radius 1 is 0.894 bits per heavy atom. The first-order valence-electron chi connectivity index (χ1n) is 17.2. The zero-order valence-corrected chi connectivity index (χ0v) is 30.3. The van der Waals surface area contributed by atoms with Crippen molar-refractivity contribution in [2.75, 3.05) is 18.0 Å². The maximum atomic E-state index is 14.1. The van der Waals surface area contributed by atoms with Crippen LogP contribution in [-0.4, -0.2) is 27.3 Å². The summed E-state index contributed by atoms with van der Waals surface area (Å²) in [4.78, 5) is 18.0. The number of benzene rings is 3. The number of aryl methyl sites for hydroxylation is 1. The van der Waals surface area contributed by atoms with Crippen LogP contribution < -0.4 is 19.7 Å². The number of hydrogen-bond donors (Lipinski definition) is 0. The molecule has 3 aromatic carbocycles. The highest BCUT2D eigenvalue weighted by Gasteiger charge is 2.43. The highest BCUT2D eigenvalue weighted by Crippen LogP contribution is 2.50. The molecular weight excluding hydrogens is 635 g/mol. The van der Waals surface area contributed by atoms with Gasteiger partial charge in [-0.25, -0.2) is 4.58 Å². The highest BCUT2D eigenvalue weighted by atomic mass is 32.2. The molecule has 3 heterocycles. The topological polar surface area (TPSA) is 28.2 Å². The van der Waals surface area contributed by atoms with Gasteiger partial charge in [-0.05, 0) is 99.0 Å². The first kappa shape index (κ1) is 32.3. The summed E-state index contributed by atoms with van der Waals surface area (Å²) >= 11 is 5.50. The standard InChI is InChI=1S/C40H44N3OS3/c1-5-27(25-33-41(6-2)32-24-23-28-17-15-16-22-31(28)39(32)47-33)38-40(44)43(8-4)35(46-38)26-34-42(7-3)36(29-18-11-9-12-19-29)37(45-34)30-20-13-10-14-21-30/h9-14,18-21,23-26,36-37H,5-8,15-17,22H2,1-4H3/q+1/b33-25-,38-27-. The largest absolute Gasteiger partial charge is 0.335 e. The number of anilines is 1. The maximum Gasteiger partial charge on any atom is 0.269 e. The lowest BCUT2D eigenvalue weighted by molar-refractivity contribution is -0.562. The third-order valence-electron chi connectivity index (χ3n) is 9.75. The van der Waals surface area contributed by atoms with Gasteiger partial charge < -0.3 is 4.90 Å². The zero-order chi connectivity index (χ0) is 32.5. The van der Waals surface area contributed by atoms with E-state index >= 15 is 0 Å². The molecule has 2 unspecified atom stereocenters. The summed E-state index contributed by atoms with van der Waals surface area (Å²) in [6.07, 6.45) is 10.3. The fourth-order valence-electron chi connectivity index (χ4n) is 7.37. The van der Waals surface area contributed by atoms with E-state index in [9.17, 15) is 4.79 Å². The molecule has 0 spiro atoms. The summed E-state index contributed by atoms with van der Waals surface area (Å²) in [5.41, 5.74) is 8.32. The van der Waals surface area contributed by atoms with E-state index in [0.717, 1.165) is 34.3 Å². The second kappa shape index (κ2) is 14.1. The summed E-state index contributed by atoms with van der Waals surface area (Å²) in [5, 5.41) is 2.74. The van der Waals surface area contributed by atoms with Gasteiger partial charge in [0.05, 0.1) is 21.3 Å². The smallest absolute Gasteiger partial charge is 0.269 e. The molecule has 3 aliphatic rings. The van der Waals surface area contributed by atoms with Crippen LogP contribution >= 0.6 is 34.9 Å². The molecule has 7 rings (SSSR count). The van der Waals surface area contributed by atoms with Crippen LogP contribution in [0.15, 0.2) is 93.6 Å². The van der Waals surface area contributed by atoms with Crippen molar-refractivity contribution < 1.29 is 4.58 Å². The Morgan fingerprint density at radius 3 is 2.30 bits per heavy atom. The minimum atomic E-state index is 0.129. The molecule has 47 heavy (non-hydrogen) atoms. The summed E-state index contributed by atoms with van der Waals surface area (Å²) in [6, 6.07) is 26.7. The summed E-state index contributed by atoms with van der Waals surface area (Å²) < 4.78 is 6.41. The Balaban J connectivity index is 1.34. The number of fused-ring (bicyclic) bond motifs is 3. The number of likely N-dealkylation sites (N-methyl/N-ethyl adjacent to an activating group) is 1. The molecule has 0 amide bonds. The molecule has 4 nitrogen and oxygen atoms in total. The van der Waals surface area contributed by atoms with Crippen molar-refractivity contribution in [2.24, 2.45) is 0 Å². The number of thioether (sulfide) groups is 2. The molecule has 0 radical (unpaired) electrons. The van der Waals surface area contributed by atoms with Crippen LogP contribution in [0.25, 0.3) is 11.6 Å². The molecule has 0 fully saturated rings. The van der Waals surface area contributed by atoms with Crippen molar-refractivity contribution in [1.29, 1.82) is 0 Å². The second-order valence-electron chi connectivity index (χ2n) is 12.4. The van der Waals surface area contributed by atoms with E-state index < -0.39 is 0 Å². The molecule has 4 aromatic rings. The van der Waals surface area contributed by atoms with E-state index in [-0.39, 0.29) is 16.9 Å². The summed E-state index contributed by atoms with van der Waals surface area (Å²) in [6.45, 7) is 11.2. The molecule has 1 aromatic heterocycles. The van der Waals surface area contributed by atoms with Crippen molar-refractivity contribution in [2.45, 2.75) is 82.5 Å². The molecular formula is C40H44N3OS3+. The number of aromatic nitrogens is 1. The van der Waals surface area contributed by atoms with Gasteiger partial charge in [0, 0.05) is 23.5 Å². The van der Waals surface area contributed by atoms with Crippen molar-refractivity contribution in [1.82, 2.24) is 4.57 Å². The van der Waals surface area contributed by atoms with Gasteiger partial charge >= 0.3 is 0 Å². The van der Waals surface area contributed by atoms with E-state index in [1.54, 1.807) is 16.9 Å². The lowest BCUT2D eigenvalue weighted by Crippen LogP contribution is -2.32. The van der Waals surface area contributed by atoms with Crippen molar-refractivity contribution in [3.05, 3.63) is 126 Å². The molecule has 0 N–H and O–H groups in total. The molecule has 2 aliphatic heterocycles. The third-order valence-corrected chi connectivity index (χ3v) is 13.5. The Morgan fingerprint density at radius 2 is 1.62 bits per heavy atom. The molecule has 1 aliphatic carbocycles. The van der Waals surface area contributed by atoms with Crippen LogP contribution in [0, 0.1) is 0 Å². The van der Waals surface area contributed by atoms with E-state index in [4.69, 9.17) is 0 Å². The predicted molar refractivity (Wildman–Crippen MR) is 203 cm³/mol. The van der Waals surface area contributed by atoms with Gasteiger partial charge in [0.2, 0.25) is 5.04 Å². The van der Waals surface area contributed by atoms with Crippen LogP contribution in [-0.2, 0) is 19.4 Å². The molecule has 0 bridgehead atoms. The number of rotatable bonds is 8. The minimum Gasteiger partial charge on any atom is -0.335 e. The zero-order valence-electron chi connectivity index (χ0n) is 27.9. The van der Waals surface area contributed by atoms with Gasteiger partial charge in [-0.15, -0.1) is 11.3 Å². The molecule has 0 saturated carbocycles. The Labute approximate surface area is 291 Å². The lowest BCUT2D eigenvalue weighted by Gasteiger charge is -2.21. The Hall–Kier alpha value is -3.26. The van der Waals surface area contributed by atoms with E-state index in [1.807, 2.05) is 28.1 Å². The maximum absolute atomic E-state index is 14.1. The quantitative estimate of drug-likeness (QED) is 0.176. The van der Waals surface area contributed by atoms with Crippen LogP contribution in [0.1, 0.15) is 80.5 Å². The first-order chi connectivity index (χ1) is 23.1. The van der Waals surface area contributed by atoms with Crippen molar-refractivity contribution in [3.63, 3.8) is 0 Å². The molecule has 7 heteroatoms. The monoisotopic (exact) mass is 678 g/mol. The fourth-order valence-corrected chi connectivity index (χ4v) is 11.6. The molecule has 0 saturated heterocycles. The molecule has 2 atom stereocenters. The Bertz CT molecular complexity index is 2020. The van der Waals surface area contributed by atoms with Crippen LogP contribution in [0.4, 0.5) is 5.69 Å². The number of allylic oxidation sites excluding steroid dienone is 1. The van der Waals surface area contributed by atoms with E-state index in [2.05, 4.69) is 122 Å². The third kappa shape index (κ3) is 6.00. The predicted octanol–water partition coefficient (Wildman–Crippen LogP) is 8.28. The fraction of sp³-hybridized carbons (Fsp3) is 0.350.